The Bertz CT molecular complexity index is 1000. The average molecular weight is 434 g/mol. The van der Waals surface area contributed by atoms with Gasteiger partial charge in [0.2, 0.25) is 0 Å². The van der Waals surface area contributed by atoms with Gasteiger partial charge in [-0.1, -0.05) is 36.4 Å². The Labute approximate surface area is 189 Å². The Kier molecular flexibility index (Phi) is 6.82. The fraction of sp³-hybridized carbons (Fsp3) is 0.375. The highest BCUT2D eigenvalue weighted by Crippen LogP contribution is 2.27. The molecule has 0 spiro atoms. The first kappa shape index (κ1) is 22.0. The molecular formula is C24H31N7O. The van der Waals surface area contributed by atoms with Crippen molar-refractivity contribution in [2.24, 2.45) is 16.5 Å². The van der Waals surface area contributed by atoms with Crippen LogP contribution >= 0.6 is 0 Å². The largest absolute Gasteiger partial charge is 0.402 e. The third-order valence-corrected chi connectivity index (χ3v) is 5.76. The molecule has 0 aliphatic carbocycles. The third-order valence-electron chi connectivity index (χ3n) is 5.76. The predicted molar refractivity (Wildman–Crippen MR) is 129 cm³/mol. The van der Waals surface area contributed by atoms with Crippen molar-refractivity contribution in [2.45, 2.75) is 31.9 Å². The third kappa shape index (κ3) is 5.72. The van der Waals surface area contributed by atoms with Crippen LogP contribution in [0.2, 0.25) is 0 Å². The molecule has 2 fully saturated rings. The minimum absolute atomic E-state index is 0.152. The zero-order valence-electron chi connectivity index (χ0n) is 18.4. The number of anilines is 1. The van der Waals surface area contributed by atoms with E-state index < -0.39 is 0 Å². The van der Waals surface area contributed by atoms with Crippen molar-refractivity contribution in [3.63, 3.8) is 0 Å². The lowest BCUT2D eigenvalue weighted by Crippen LogP contribution is -2.61. The molecule has 2 aromatic rings. The standard InChI is InChI=1S/C24H31N7O/c1-17(25)13-21(26)27-23-14-24(29-22(28-23)8-7-18-5-3-2-4-6-18)31-15-19(16-31)30-11-9-20(32)10-12-30/h2-8,13-14,19-20,32H,9-12,15-16,25H2,1H3,(H2,26,27,28,29)/b8-7+,17-13-. The number of aromatic nitrogens is 2. The van der Waals surface area contributed by atoms with E-state index in [-0.39, 0.29) is 6.10 Å². The number of rotatable bonds is 6. The Hall–Kier alpha value is -3.23. The van der Waals surface area contributed by atoms with E-state index in [1.165, 1.54) is 0 Å². The summed E-state index contributed by atoms with van der Waals surface area (Å²) in [4.78, 5) is 18.4. The van der Waals surface area contributed by atoms with E-state index >= 15 is 0 Å². The highest BCUT2D eigenvalue weighted by atomic mass is 16.3. The molecule has 8 nitrogen and oxygen atoms in total. The molecule has 32 heavy (non-hydrogen) atoms. The lowest BCUT2D eigenvalue weighted by atomic mass is 10.0. The van der Waals surface area contributed by atoms with Crippen LogP contribution in [0.15, 0.2) is 53.2 Å². The van der Waals surface area contributed by atoms with Gasteiger partial charge in [0.15, 0.2) is 11.6 Å². The Morgan fingerprint density at radius 2 is 1.81 bits per heavy atom. The van der Waals surface area contributed by atoms with E-state index in [9.17, 15) is 5.11 Å². The highest BCUT2D eigenvalue weighted by molar-refractivity contribution is 5.93. The second kappa shape index (κ2) is 9.93. The highest BCUT2D eigenvalue weighted by Gasteiger charge is 2.34. The smallest absolute Gasteiger partial charge is 0.160 e. The summed E-state index contributed by atoms with van der Waals surface area (Å²) >= 11 is 0. The number of likely N-dealkylation sites (tertiary alicyclic amines) is 1. The van der Waals surface area contributed by atoms with Gasteiger partial charge in [0.25, 0.3) is 0 Å². The Morgan fingerprint density at radius 3 is 2.50 bits per heavy atom. The predicted octanol–water partition coefficient (Wildman–Crippen LogP) is 2.14. The molecular weight excluding hydrogens is 402 g/mol. The van der Waals surface area contributed by atoms with Crippen molar-refractivity contribution in [1.82, 2.24) is 14.9 Å². The molecule has 0 bridgehead atoms. The minimum atomic E-state index is -0.152. The number of hydrogen-bond acceptors (Lipinski definition) is 7. The maximum Gasteiger partial charge on any atom is 0.160 e. The van der Waals surface area contributed by atoms with E-state index in [1.807, 2.05) is 48.6 Å². The van der Waals surface area contributed by atoms with Crippen LogP contribution in [-0.2, 0) is 0 Å². The quantitative estimate of drug-likeness (QED) is 0.472. The molecule has 168 valence electrons. The fourth-order valence-corrected chi connectivity index (χ4v) is 3.99. The van der Waals surface area contributed by atoms with Crippen LogP contribution in [0, 0.1) is 0 Å². The fourth-order valence-electron chi connectivity index (χ4n) is 3.99. The summed E-state index contributed by atoms with van der Waals surface area (Å²) in [5.41, 5.74) is 13.4. The summed E-state index contributed by atoms with van der Waals surface area (Å²) in [5.74, 6) is 2.22. The molecule has 0 saturated carbocycles. The van der Waals surface area contributed by atoms with Crippen LogP contribution < -0.4 is 16.4 Å². The molecule has 1 aromatic carbocycles. The number of nitrogens with two attached hydrogens (primary N) is 2. The van der Waals surface area contributed by atoms with Gasteiger partial charge in [-0.2, -0.15) is 0 Å². The molecule has 0 unspecified atom stereocenters. The summed E-state index contributed by atoms with van der Waals surface area (Å²) in [6, 6.07) is 12.4. The first-order valence-corrected chi connectivity index (χ1v) is 11.0. The normalized spacial score (nSPS) is 19.5. The van der Waals surface area contributed by atoms with Crippen molar-refractivity contribution < 1.29 is 5.11 Å². The first-order valence-electron chi connectivity index (χ1n) is 11.0. The number of nitrogens with zero attached hydrogens (tertiary/aromatic N) is 5. The van der Waals surface area contributed by atoms with E-state index in [1.54, 1.807) is 13.0 Å². The summed E-state index contributed by atoms with van der Waals surface area (Å²) in [7, 11) is 0. The van der Waals surface area contributed by atoms with Gasteiger partial charge < -0.3 is 21.5 Å². The maximum atomic E-state index is 9.75. The monoisotopic (exact) mass is 433 g/mol. The molecule has 2 saturated heterocycles. The Balaban J connectivity index is 1.54. The van der Waals surface area contributed by atoms with E-state index in [4.69, 9.17) is 16.5 Å². The summed E-state index contributed by atoms with van der Waals surface area (Å²) in [5, 5.41) is 9.75. The molecule has 0 atom stereocenters. The lowest BCUT2D eigenvalue weighted by Gasteiger charge is -2.47. The Morgan fingerprint density at radius 1 is 1.09 bits per heavy atom. The molecule has 1 aromatic heterocycles. The number of piperidine rings is 1. The molecule has 2 aliphatic rings. The topological polar surface area (TPSA) is 117 Å². The van der Waals surface area contributed by atoms with Gasteiger partial charge in [0.1, 0.15) is 11.7 Å². The molecule has 3 heterocycles. The summed E-state index contributed by atoms with van der Waals surface area (Å²) in [6.45, 7) is 5.46. The maximum absolute atomic E-state index is 9.75. The number of aliphatic hydroxyl groups excluding tert-OH is 1. The van der Waals surface area contributed by atoms with Crippen LogP contribution in [-0.4, -0.2) is 64.1 Å². The van der Waals surface area contributed by atoms with Crippen molar-refractivity contribution in [3.8, 4) is 0 Å². The van der Waals surface area contributed by atoms with E-state index in [0.29, 0.717) is 29.2 Å². The van der Waals surface area contributed by atoms with Crippen LogP contribution in [0.5, 0.6) is 0 Å². The number of aliphatic hydroxyl groups is 1. The zero-order valence-corrected chi connectivity index (χ0v) is 18.4. The SMILES string of the molecule is C/C(N)=C/C(N)=N/c1cc(N2CC(N3CCC(O)CC3)C2)nc(/C=C/c2ccccc2)n1. The van der Waals surface area contributed by atoms with Gasteiger partial charge in [0, 0.05) is 44.0 Å². The molecule has 4 rings (SSSR count). The average Bonchev–Trinajstić information content (AvgIpc) is 2.72. The minimum Gasteiger partial charge on any atom is -0.402 e. The van der Waals surface area contributed by atoms with Crippen LogP contribution in [0.3, 0.4) is 0 Å². The van der Waals surface area contributed by atoms with E-state index in [0.717, 1.165) is 50.4 Å². The molecule has 8 heteroatoms. The van der Waals surface area contributed by atoms with Gasteiger partial charge >= 0.3 is 0 Å². The van der Waals surface area contributed by atoms with E-state index in [2.05, 4.69) is 19.8 Å². The second-order valence-electron chi connectivity index (χ2n) is 8.44. The van der Waals surface area contributed by atoms with Crippen molar-refractivity contribution in [2.75, 3.05) is 31.1 Å². The number of hydrogen-bond donors (Lipinski definition) is 3. The van der Waals surface area contributed by atoms with Crippen molar-refractivity contribution >= 4 is 29.6 Å². The van der Waals surface area contributed by atoms with Gasteiger partial charge in [-0.05, 0) is 37.5 Å². The number of allylic oxidation sites excluding steroid dienone is 1. The van der Waals surface area contributed by atoms with Crippen LogP contribution in [0.25, 0.3) is 12.2 Å². The first-order chi connectivity index (χ1) is 15.5. The lowest BCUT2D eigenvalue weighted by molar-refractivity contribution is 0.0529. The number of benzene rings is 1. The van der Waals surface area contributed by atoms with Gasteiger partial charge in [0.05, 0.1) is 6.10 Å². The van der Waals surface area contributed by atoms with Crippen LogP contribution in [0.4, 0.5) is 11.6 Å². The molecule has 5 N–H and O–H groups in total. The van der Waals surface area contributed by atoms with Crippen LogP contribution in [0.1, 0.15) is 31.2 Å². The summed E-state index contributed by atoms with van der Waals surface area (Å²) < 4.78 is 0. The molecule has 0 radical (unpaired) electrons. The number of amidine groups is 1. The number of aliphatic imine (C=N–C) groups is 1. The van der Waals surface area contributed by atoms with Crippen molar-refractivity contribution in [3.05, 3.63) is 59.6 Å². The van der Waals surface area contributed by atoms with Crippen molar-refractivity contribution in [1.29, 1.82) is 0 Å². The second-order valence-corrected chi connectivity index (χ2v) is 8.44. The zero-order chi connectivity index (χ0) is 22.5. The van der Waals surface area contributed by atoms with Gasteiger partial charge in [-0.25, -0.2) is 15.0 Å². The molecule has 2 aliphatic heterocycles. The summed E-state index contributed by atoms with van der Waals surface area (Å²) in [6.07, 6.45) is 7.04. The van der Waals surface area contributed by atoms with Gasteiger partial charge in [-0.15, -0.1) is 0 Å². The molecule has 0 amide bonds. The van der Waals surface area contributed by atoms with Gasteiger partial charge in [-0.3, -0.25) is 4.90 Å².